The highest BCUT2D eigenvalue weighted by molar-refractivity contribution is 5.73. The molecule has 0 spiro atoms. The van der Waals surface area contributed by atoms with E-state index in [4.69, 9.17) is 5.73 Å². The molecule has 0 bridgehead atoms. The maximum atomic E-state index is 13.9. The number of pyridine rings is 1. The first-order valence-corrected chi connectivity index (χ1v) is 6.27. The highest BCUT2D eigenvalue weighted by Crippen LogP contribution is 2.30. The molecule has 2 aromatic heterocycles. The lowest BCUT2D eigenvalue weighted by molar-refractivity contribution is 0.585. The molecule has 3 rings (SSSR count). The van der Waals surface area contributed by atoms with Crippen LogP contribution in [-0.4, -0.2) is 14.8 Å². The van der Waals surface area contributed by atoms with Crippen molar-refractivity contribution in [3.63, 3.8) is 0 Å². The first kappa shape index (κ1) is 13.7. The summed E-state index contributed by atoms with van der Waals surface area (Å²) in [4.78, 5) is 4.09. The summed E-state index contributed by atoms with van der Waals surface area (Å²) in [5.41, 5.74) is 5.96. The number of hydrogen-bond donors (Lipinski definition) is 1. The van der Waals surface area contributed by atoms with Crippen LogP contribution in [0.5, 0.6) is 0 Å². The van der Waals surface area contributed by atoms with E-state index in [9.17, 15) is 14.0 Å². The van der Waals surface area contributed by atoms with Gasteiger partial charge in [-0.15, -0.1) is 0 Å². The molecule has 0 aliphatic rings. The van der Waals surface area contributed by atoms with Crippen LogP contribution in [0.1, 0.15) is 5.56 Å². The van der Waals surface area contributed by atoms with Crippen LogP contribution < -0.4 is 5.73 Å². The molecular weight excluding hydrogens is 288 g/mol. The summed E-state index contributed by atoms with van der Waals surface area (Å²) in [6.07, 6.45) is 1.54. The minimum Gasteiger partial charge on any atom is -0.382 e. The minimum atomic E-state index is -0.817. The number of aromatic nitrogens is 3. The molecular formula is C15H9F2N5. The van der Waals surface area contributed by atoms with E-state index in [2.05, 4.69) is 10.1 Å². The van der Waals surface area contributed by atoms with Crippen LogP contribution in [0.4, 0.5) is 14.6 Å². The molecule has 22 heavy (non-hydrogen) atoms. The van der Waals surface area contributed by atoms with Crippen LogP contribution in [0.25, 0.3) is 17.1 Å². The molecule has 5 nitrogen and oxygen atoms in total. The molecule has 0 amide bonds. The summed E-state index contributed by atoms with van der Waals surface area (Å²) >= 11 is 0. The smallest absolute Gasteiger partial charge is 0.155 e. The fraction of sp³-hybridized carbons (Fsp3) is 0. The van der Waals surface area contributed by atoms with Crippen molar-refractivity contribution in [3.05, 3.63) is 59.8 Å². The van der Waals surface area contributed by atoms with Crippen LogP contribution in [0, 0.1) is 23.0 Å². The fourth-order valence-corrected chi connectivity index (χ4v) is 2.07. The van der Waals surface area contributed by atoms with Crippen molar-refractivity contribution in [1.82, 2.24) is 14.8 Å². The zero-order valence-corrected chi connectivity index (χ0v) is 11.2. The Morgan fingerprint density at radius 2 is 2.00 bits per heavy atom. The average molecular weight is 297 g/mol. The third-order valence-corrected chi connectivity index (χ3v) is 3.09. The molecule has 0 aliphatic heterocycles. The Morgan fingerprint density at radius 1 is 1.18 bits per heavy atom. The molecule has 3 aromatic rings. The number of anilines is 1. The van der Waals surface area contributed by atoms with Gasteiger partial charge in [0, 0.05) is 17.8 Å². The second-order valence-corrected chi connectivity index (χ2v) is 4.44. The van der Waals surface area contributed by atoms with E-state index in [1.807, 2.05) is 6.07 Å². The van der Waals surface area contributed by atoms with E-state index in [1.54, 1.807) is 24.4 Å². The zero-order chi connectivity index (χ0) is 15.7. The molecule has 0 saturated carbocycles. The number of nitrogens with zero attached hydrogens (tertiary/aromatic N) is 4. The van der Waals surface area contributed by atoms with E-state index < -0.39 is 11.6 Å². The van der Waals surface area contributed by atoms with Gasteiger partial charge in [0.15, 0.2) is 5.82 Å². The van der Waals surface area contributed by atoms with Gasteiger partial charge in [0.25, 0.3) is 0 Å². The number of benzene rings is 1. The second-order valence-electron chi connectivity index (χ2n) is 4.44. The van der Waals surface area contributed by atoms with Crippen LogP contribution in [0.3, 0.4) is 0 Å². The Morgan fingerprint density at radius 3 is 2.64 bits per heavy atom. The van der Waals surface area contributed by atoms with E-state index in [0.717, 1.165) is 12.1 Å². The summed E-state index contributed by atoms with van der Waals surface area (Å²) in [7, 11) is 0. The summed E-state index contributed by atoms with van der Waals surface area (Å²) in [5.74, 6) is -1.09. The van der Waals surface area contributed by atoms with Gasteiger partial charge in [-0.1, -0.05) is 6.07 Å². The number of hydrogen-bond acceptors (Lipinski definition) is 4. The van der Waals surface area contributed by atoms with Gasteiger partial charge < -0.3 is 5.73 Å². The molecule has 0 fully saturated rings. The van der Waals surface area contributed by atoms with Gasteiger partial charge in [-0.3, -0.25) is 0 Å². The standard InChI is InChI=1S/C15H9F2N5/c16-9-4-5-10(12(17)7-9)14-11(8-18)15(19)22(21-14)13-3-1-2-6-20-13/h1-7H,19H2. The largest absolute Gasteiger partial charge is 0.382 e. The lowest BCUT2D eigenvalue weighted by Crippen LogP contribution is -2.04. The van der Waals surface area contributed by atoms with Crippen molar-refractivity contribution >= 4 is 5.82 Å². The number of nitrogens with two attached hydrogens (primary N) is 1. The van der Waals surface area contributed by atoms with Gasteiger partial charge in [0.05, 0.1) is 0 Å². The first-order valence-electron chi connectivity index (χ1n) is 6.27. The molecule has 0 saturated heterocycles. The molecule has 2 N–H and O–H groups in total. The van der Waals surface area contributed by atoms with Crippen molar-refractivity contribution in [3.8, 4) is 23.1 Å². The minimum absolute atomic E-state index is 0.000619. The fourth-order valence-electron chi connectivity index (χ4n) is 2.07. The van der Waals surface area contributed by atoms with Crippen LogP contribution >= 0.6 is 0 Å². The summed E-state index contributed by atoms with van der Waals surface area (Å²) in [6, 6.07) is 10.0. The van der Waals surface area contributed by atoms with Gasteiger partial charge >= 0.3 is 0 Å². The Balaban J connectivity index is 2.24. The normalized spacial score (nSPS) is 10.4. The van der Waals surface area contributed by atoms with Gasteiger partial charge in [0.1, 0.15) is 34.8 Å². The maximum Gasteiger partial charge on any atom is 0.155 e. The third kappa shape index (κ3) is 2.16. The molecule has 2 heterocycles. The number of halogens is 2. The van der Waals surface area contributed by atoms with E-state index in [0.29, 0.717) is 5.82 Å². The monoisotopic (exact) mass is 297 g/mol. The summed E-state index contributed by atoms with van der Waals surface area (Å²) in [6.45, 7) is 0. The van der Waals surface area contributed by atoms with Crippen molar-refractivity contribution in [2.45, 2.75) is 0 Å². The van der Waals surface area contributed by atoms with Gasteiger partial charge in [-0.2, -0.15) is 15.0 Å². The number of nitriles is 1. The van der Waals surface area contributed by atoms with Crippen molar-refractivity contribution in [1.29, 1.82) is 5.26 Å². The third-order valence-electron chi connectivity index (χ3n) is 3.09. The summed E-state index contributed by atoms with van der Waals surface area (Å²) in [5, 5.41) is 13.4. The highest BCUT2D eigenvalue weighted by atomic mass is 19.1. The quantitative estimate of drug-likeness (QED) is 0.788. The van der Waals surface area contributed by atoms with Gasteiger partial charge in [-0.05, 0) is 24.3 Å². The second kappa shape index (κ2) is 5.26. The van der Waals surface area contributed by atoms with Crippen LogP contribution in [0.2, 0.25) is 0 Å². The maximum absolute atomic E-state index is 13.9. The van der Waals surface area contributed by atoms with Crippen molar-refractivity contribution < 1.29 is 8.78 Å². The Hall–Kier alpha value is -3.27. The van der Waals surface area contributed by atoms with E-state index >= 15 is 0 Å². The van der Waals surface area contributed by atoms with Crippen LogP contribution in [-0.2, 0) is 0 Å². The van der Waals surface area contributed by atoms with Gasteiger partial charge in [0.2, 0.25) is 0 Å². The Kier molecular flexibility index (Phi) is 3.27. The molecule has 0 aliphatic carbocycles. The predicted octanol–water partition coefficient (Wildman–Crippen LogP) is 2.67. The molecule has 1 aromatic carbocycles. The van der Waals surface area contributed by atoms with Gasteiger partial charge in [-0.25, -0.2) is 13.8 Å². The predicted molar refractivity (Wildman–Crippen MR) is 75.8 cm³/mol. The average Bonchev–Trinajstić information content (AvgIpc) is 2.84. The lowest BCUT2D eigenvalue weighted by Gasteiger charge is -2.01. The molecule has 108 valence electrons. The molecule has 0 unspecified atom stereocenters. The molecule has 0 atom stereocenters. The van der Waals surface area contributed by atoms with E-state index in [1.165, 1.54) is 10.7 Å². The highest BCUT2D eigenvalue weighted by Gasteiger charge is 2.21. The molecule has 0 radical (unpaired) electrons. The molecule has 7 heteroatoms. The summed E-state index contributed by atoms with van der Waals surface area (Å²) < 4.78 is 28.2. The topological polar surface area (TPSA) is 80.5 Å². The Labute approximate surface area is 124 Å². The number of rotatable bonds is 2. The van der Waals surface area contributed by atoms with Crippen molar-refractivity contribution in [2.75, 3.05) is 5.73 Å². The van der Waals surface area contributed by atoms with E-state index in [-0.39, 0.29) is 22.6 Å². The zero-order valence-electron chi connectivity index (χ0n) is 11.2. The SMILES string of the molecule is N#Cc1c(-c2ccc(F)cc2F)nn(-c2ccccn2)c1N. The Bertz CT molecular complexity index is 881. The lowest BCUT2D eigenvalue weighted by atomic mass is 10.1. The van der Waals surface area contributed by atoms with Crippen molar-refractivity contribution in [2.24, 2.45) is 0 Å². The number of nitrogen functional groups attached to an aromatic ring is 1. The first-order chi connectivity index (χ1) is 10.6. The van der Waals surface area contributed by atoms with Crippen LogP contribution in [0.15, 0.2) is 42.6 Å².